The number of anilines is 1. The first-order chi connectivity index (χ1) is 13.7. The molecule has 2 aromatic carbocycles. The van der Waals surface area contributed by atoms with Gasteiger partial charge < -0.3 is 10.1 Å². The number of urea groups is 1. The van der Waals surface area contributed by atoms with Crippen LogP contribution in [0, 0.1) is 0 Å². The standard InChI is InChI=1S/C21H19N5O2/c1-22-21(27)24-19-13-26-20(23-19)11-10-18(25-26)16-8-5-9-17(12-16)28-14-15-6-3-2-4-7-15/h2-13H,14H2,1H3,(H2,22,24,27). The van der Waals surface area contributed by atoms with Crippen molar-refractivity contribution in [2.75, 3.05) is 12.4 Å². The number of nitrogens with one attached hydrogen (secondary N) is 2. The van der Waals surface area contributed by atoms with Gasteiger partial charge in [0.05, 0.1) is 11.9 Å². The lowest BCUT2D eigenvalue weighted by Crippen LogP contribution is -2.24. The van der Waals surface area contributed by atoms with Gasteiger partial charge in [-0.2, -0.15) is 5.10 Å². The van der Waals surface area contributed by atoms with Crippen molar-refractivity contribution >= 4 is 17.5 Å². The Hall–Kier alpha value is -3.87. The van der Waals surface area contributed by atoms with E-state index in [0.717, 1.165) is 22.6 Å². The third-order valence-corrected chi connectivity index (χ3v) is 4.17. The Balaban J connectivity index is 1.54. The lowest BCUT2D eigenvalue weighted by atomic mass is 10.1. The van der Waals surface area contributed by atoms with E-state index in [2.05, 4.69) is 20.7 Å². The quantitative estimate of drug-likeness (QED) is 0.559. The van der Waals surface area contributed by atoms with Crippen LogP contribution < -0.4 is 15.4 Å². The average molecular weight is 373 g/mol. The van der Waals surface area contributed by atoms with E-state index in [1.165, 1.54) is 0 Å². The van der Waals surface area contributed by atoms with Crippen molar-refractivity contribution in [3.63, 3.8) is 0 Å². The van der Waals surface area contributed by atoms with Gasteiger partial charge in [-0.25, -0.2) is 14.3 Å². The van der Waals surface area contributed by atoms with Gasteiger partial charge in [0.2, 0.25) is 0 Å². The minimum absolute atomic E-state index is 0.327. The van der Waals surface area contributed by atoms with E-state index in [-0.39, 0.29) is 6.03 Å². The normalized spacial score (nSPS) is 10.6. The van der Waals surface area contributed by atoms with Crippen molar-refractivity contribution in [2.24, 2.45) is 0 Å². The number of benzene rings is 2. The first kappa shape index (κ1) is 17.5. The highest BCUT2D eigenvalue weighted by Crippen LogP contribution is 2.23. The lowest BCUT2D eigenvalue weighted by molar-refractivity contribution is 0.254. The number of hydrogen-bond acceptors (Lipinski definition) is 4. The van der Waals surface area contributed by atoms with Gasteiger partial charge in [0.1, 0.15) is 12.4 Å². The van der Waals surface area contributed by atoms with Crippen LogP contribution in [0.1, 0.15) is 5.56 Å². The first-order valence-electron chi connectivity index (χ1n) is 8.83. The summed E-state index contributed by atoms with van der Waals surface area (Å²) in [4.78, 5) is 15.8. The third-order valence-electron chi connectivity index (χ3n) is 4.17. The molecule has 2 amide bonds. The Labute approximate surface area is 162 Å². The fourth-order valence-electron chi connectivity index (χ4n) is 2.76. The number of aromatic nitrogens is 3. The molecule has 2 heterocycles. The molecule has 0 saturated heterocycles. The fraction of sp³-hybridized carbons (Fsp3) is 0.0952. The van der Waals surface area contributed by atoms with Crippen LogP contribution in [0.15, 0.2) is 72.9 Å². The van der Waals surface area contributed by atoms with Gasteiger partial charge >= 0.3 is 6.03 Å². The molecule has 0 fully saturated rings. The molecule has 7 nitrogen and oxygen atoms in total. The molecule has 4 aromatic rings. The second-order valence-corrected chi connectivity index (χ2v) is 6.15. The molecule has 28 heavy (non-hydrogen) atoms. The maximum absolute atomic E-state index is 11.4. The monoisotopic (exact) mass is 373 g/mol. The number of carbonyl (C=O) groups is 1. The van der Waals surface area contributed by atoms with Crippen LogP contribution >= 0.6 is 0 Å². The summed E-state index contributed by atoms with van der Waals surface area (Å²) in [5.74, 6) is 1.21. The molecule has 4 rings (SSSR count). The zero-order chi connectivity index (χ0) is 19.3. The van der Waals surface area contributed by atoms with Gasteiger partial charge in [0.25, 0.3) is 0 Å². The van der Waals surface area contributed by atoms with E-state index >= 15 is 0 Å². The molecule has 0 spiro atoms. The van der Waals surface area contributed by atoms with Crippen molar-refractivity contribution in [3.05, 3.63) is 78.5 Å². The van der Waals surface area contributed by atoms with Gasteiger partial charge in [0, 0.05) is 12.6 Å². The molecule has 0 radical (unpaired) electrons. The van der Waals surface area contributed by atoms with Gasteiger partial charge in [0.15, 0.2) is 11.5 Å². The summed E-state index contributed by atoms with van der Waals surface area (Å²) in [6.45, 7) is 0.507. The number of rotatable bonds is 5. The molecule has 0 aliphatic rings. The van der Waals surface area contributed by atoms with E-state index in [9.17, 15) is 4.79 Å². The SMILES string of the molecule is CNC(=O)Nc1cn2nc(-c3cccc(OCc4ccccc4)c3)ccc2n1. The minimum atomic E-state index is -0.327. The summed E-state index contributed by atoms with van der Waals surface area (Å²) in [6, 6.07) is 21.2. The van der Waals surface area contributed by atoms with Gasteiger partial charge in [-0.15, -0.1) is 0 Å². The Morgan fingerprint density at radius 1 is 1.07 bits per heavy atom. The number of amides is 2. The van der Waals surface area contributed by atoms with Crippen molar-refractivity contribution < 1.29 is 9.53 Å². The Morgan fingerprint density at radius 3 is 2.75 bits per heavy atom. The fourth-order valence-corrected chi connectivity index (χ4v) is 2.76. The summed E-state index contributed by atoms with van der Waals surface area (Å²) in [6.07, 6.45) is 1.67. The molecular formula is C21H19N5O2. The number of imidazole rings is 1. The molecule has 0 atom stereocenters. The van der Waals surface area contributed by atoms with Crippen LogP contribution in [0.5, 0.6) is 5.75 Å². The van der Waals surface area contributed by atoms with Crippen molar-refractivity contribution in [3.8, 4) is 17.0 Å². The highest BCUT2D eigenvalue weighted by molar-refractivity contribution is 5.88. The van der Waals surface area contributed by atoms with Crippen LogP contribution in [-0.2, 0) is 6.61 Å². The Kier molecular flexibility index (Phi) is 4.88. The van der Waals surface area contributed by atoms with Crippen LogP contribution in [0.4, 0.5) is 10.6 Å². The predicted molar refractivity (Wildman–Crippen MR) is 107 cm³/mol. The Morgan fingerprint density at radius 2 is 1.93 bits per heavy atom. The van der Waals surface area contributed by atoms with Crippen LogP contribution in [0.2, 0.25) is 0 Å². The maximum Gasteiger partial charge on any atom is 0.320 e. The molecule has 0 aliphatic heterocycles. The van der Waals surface area contributed by atoms with Crippen molar-refractivity contribution in [2.45, 2.75) is 6.61 Å². The minimum Gasteiger partial charge on any atom is -0.489 e. The molecule has 0 aliphatic carbocycles. The number of hydrogen-bond donors (Lipinski definition) is 2. The van der Waals surface area contributed by atoms with Gasteiger partial charge in [-0.1, -0.05) is 42.5 Å². The van der Waals surface area contributed by atoms with Crippen LogP contribution in [-0.4, -0.2) is 27.7 Å². The highest BCUT2D eigenvalue weighted by atomic mass is 16.5. The van der Waals surface area contributed by atoms with E-state index in [0.29, 0.717) is 18.1 Å². The highest BCUT2D eigenvalue weighted by Gasteiger charge is 2.08. The molecule has 2 aromatic heterocycles. The summed E-state index contributed by atoms with van der Waals surface area (Å²) < 4.78 is 7.54. The summed E-state index contributed by atoms with van der Waals surface area (Å²) in [5, 5.41) is 9.72. The number of carbonyl (C=O) groups excluding carboxylic acids is 1. The third kappa shape index (κ3) is 3.93. The van der Waals surface area contributed by atoms with Crippen LogP contribution in [0.3, 0.4) is 0 Å². The summed E-state index contributed by atoms with van der Waals surface area (Å²) >= 11 is 0. The number of fused-ring (bicyclic) bond motifs is 1. The molecular weight excluding hydrogens is 354 g/mol. The molecule has 7 heteroatoms. The maximum atomic E-state index is 11.4. The number of ether oxygens (including phenoxy) is 1. The van der Waals surface area contributed by atoms with E-state index in [1.807, 2.05) is 66.7 Å². The van der Waals surface area contributed by atoms with E-state index < -0.39 is 0 Å². The van der Waals surface area contributed by atoms with Crippen molar-refractivity contribution in [1.29, 1.82) is 0 Å². The molecule has 0 saturated carbocycles. The topological polar surface area (TPSA) is 80.6 Å². The lowest BCUT2D eigenvalue weighted by Gasteiger charge is -2.08. The number of nitrogens with zero attached hydrogens (tertiary/aromatic N) is 3. The van der Waals surface area contributed by atoms with Gasteiger partial charge in [-0.3, -0.25) is 5.32 Å². The first-order valence-corrected chi connectivity index (χ1v) is 8.83. The molecule has 2 N–H and O–H groups in total. The summed E-state index contributed by atoms with van der Waals surface area (Å²) in [7, 11) is 1.55. The molecule has 0 unspecified atom stereocenters. The van der Waals surface area contributed by atoms with E-state index in [1.54, 1.807) is 17.8 Å². The largest absolute Gasteiger partial charge is 0.489 e. The molecule has 0 bridgehead atoms. The second kappa shape index (κ2) is 7.79. The van der Waals surface area contributed by atoms with Gasteiger partial charge in [-0.05, 0) is 29.8 Å². The Bertz CT molecular complexity index is 1110. The van der Waals surface area contributed by atoms with E-state index in [4.69, 9.17) is 4.74 Å². The smallest absolute Gasteiger partial charge is 0.320 e. The molecule has 140 valence electrons. The summed E-state index contributed by atoms with van der Waals surface area (Å²) in [5.41, 5.74) is 3.47. The second-order valence-electron chi connectivity index (χ2n) is 6.15. The zero-order valence-electron chi connectivity index (χ0n) is 15.3. The van der Waals surface area contributed by atoms with Crippen molar-refractivity contribution in [1.82, 2.24) is 19.9 Å². The predicted octanol–water partition coefficient (Wildman–Crippen LogP) is 3.73. The zero-order valence-corrected chi connectivity index (χ0v) is 15.3. The average Bonchev–Trinajstić information content (AvgIpc) is 3.14. The van der Waals surface area contributed by atoms with Crippen LogP contribution in [0.25, 0.3) is 16.9 Å².